The topological polar surface area (TPSA) is 166 Å². The third-order valence-electron chi connectivity index (χ3n) is 4.36. The number of alkyl halides is 1. The van der Waals surface area contributed by atoms with Gasteiger partial charge < -0.3 is 0 Å². The minimum atomic E-state index is -4.91. The van der Waals surface area contributed by atoms with E-state index in [2.05, 4.69) is 19.6 Å². The summed E-state index contributed by atoms with van der Waals surface area (Å²) >= 11 is 0. The van der Waals surface area contributed by atoms with Crippen LogP contribution in [-0.4, -0.2) is 63.9 Å². The summed E-state index contributed by atoms with van der Waals surface area (Å²) in [6, 6.07) is 1.73. The van der Waals surface area contributed by atoms with Gasteiger partial charge in [0.05, 0.1) is 0 Å². The van der Waals surface area contributed by atoms with Gasteiger partial charge in [-0.05, 0) is 0 Å². The van der Waals surface area contributed by atoms with E-state index in [1.165, 1.54) is 17.0 Å². The summed E-state index contributed by atoms with van der Waals surface area (Å²) in [5.41, 5.74) is -4.26. The molecule has 1 aliphatic rings. The fraction of sp³-hybridized carbons (Fsp3) is 0.538. The van der Waals surface area contributed by atoms with Crippen LogP contribution in [0.4, 0.5) is 4.39 Å². The van der Waals surface area contributed by atoms with Crippen LogP contribution in [0.2, 0.25) is 0 Å². The molecule has 13 heteroatoms. The summed E-state index contributed by atoms with van der Waals surface area (Å²) in [6.45, 7) is 1.87. The molecule has 1 saturated heterocycles. The summed E-state index contributed by atoms with van der Waals surface area (Å²) in [4.78, 5) is 34.8. The monoisotopic (exact) mass is 389 g/mol. The number of nitriles is 1. The third-order valence-corrected chi connectivity index (χ3v) is 4.92. The van der Waals surface area contributed by atoms with E-state index in [0.29, 0.717) is 5.69 Å². The molecule has 142 valence electrons. The molecule has 0 bridgehead atoms. The van der Waals surface area contributed by atoms with Crippen molar-refractivity contribution >= 4 is 13.8 Å². The molecule has 1 fully saturated rings. The first kappa shape index (κ1) is 18.9. The van der Waals surface area contributed by atoms with Crippen LogP contribution in [0.3, 0.4) is 0 Å². The molecular weight excluding hydrogens is 372 g/mol. The normalized spacial score (nSPS) is 32.7. The molecule has 26 heavy (non-hydrogen) atoms. The van der Waals surface area contributed by atoms with Crippen molar-refractivity contribution in [3.05, 3.63) is 23.9 Å². The van der Waals surface area contributed by atoms with Crippen molar-refractivity contribution in [2.75, 3.05) is 6.61 Å². The van der Waals surface area contributed by atoms with E-state index in [9.17, 15) is 10.4 Å². The summed E-state index contributed by atoms with van der Waals surface area (Å²) < 4.78 is 26.6. The van der Waals surface area contributed by atoms with Gasteiger partial charge in [0.25, 0.3) is 0 Å². The van der Waals surface area contributed by atoms with Crippen LogP contribution in [0, 0.1) is 18.3 Å². The standard InChI is InChI=1S/C13H17FN5O6P/c1-7-11-16-3-9(19(11)18-6-17-7)13(5-15)12(2,14)10(20)8(25-13)4-24-26(21,22)23/h3,6,8,10,20-23,26H,4H2,1-2H3/t8-,10-,12-,13+/m1/s1. The molecule has 4 N–H and O–H groups in total. The predicted octanol–water partition coefficient (Wildman–Crippen LogP) is -0.957. The van der Waals surface area contributed by atoms with Gasteiger partial charge in [-0.1, -0.05) is 0 Å². The Hall–Kier alpha value is -1.84. The molecular formula is C13H17FN5O6P. The van der Waals surface area contributed by atoms with Gasteiger partial charge in [0.2, 0.25) is 0 Å². The Morgan fingerprint density at radius 2 is 2.15 bits per heavy atom. The molecule has 0 saturated carbocycles. The van der Waals surface area contributed by atoms with Gasteiger partial charge in [0.1, 0.15) is 0 Å². The fourth-order valence-corrected chi connectivity index (χ4v) is 3.35. The van der Waals surface area contributed by atoms with E-state index < -0.39 is 38.3 Å². The number of nitrogens with zero attached hydrogens (tertiary/aromatic N) is 5. The van der Waals surface area contributed by atoms with Gasteiger partial charge in [0.15, 0.2) is 0 Å². The number of imidazole rings is 1. The molecule has 3 heterocycles. The average Bonchev–Trinajstić information content (AvgIpc) is 3.06. The number of aliphatic hydroxyl groups is 1. The summed E-state index contributed by atoms with van der Waals surface area (Å²) in [7, 11) is -4.91. The minimum absolute atomic E-state index is 0.0763. The first-order valence-corrected chi connectivity index (χ1v) is 9.21. The molecule has 0 radical (unpaired) electrons. The third kappa shape index (κ3) is 2.74. The van der Waals surface area contributed by atoms with Crippen LogP contribution >= 0.6 is 8.17 Å². The Bertz CT molecular complexity index is 880. The van der Waals surface area contributed by atoms with Gasteiger partial charge in [0, 0.05) is 0 Å². The molecule has 3 rings (SSSR count). The number of hydrogen-bond donors (Lipinski definition) is 4. The van der Waals surface area contributed by atoms with E-state index in [1.54, 1.807) is 13.0 Å². The molecule has 4 atom stereocenters. The van der Waals surface area contributed by atoms with E-state index in [-0.39, 0.29) is 11.3 Å². The number of hydrogen-bond acceptors (Lipinski definition) is 10. The fourth-order valence-electron chi connectivity index (χ4n) is 2.96. The zero-order valence-corrected chi connectivity index (χ0v) is 14.7. The van der Waals surface area contributed by atoms with Crippen LogP contribution in [0.5, 0.6) is 0 Å². The van der Waals surface area contributed by atoms with Gasteiger partial charge in [-0.3, -0.25) is 0 Å². The molecule has 11 nitrogen and oxygen atoms in total. The van der Waals surface area contributed by atoms with Gasteiger partial charge in [-0.2, -0.15) is 0 Å². The van der Waals surface area contributed by atoms with Crippen molar-refractivity contribution in [1.82, 2.24) is 19.6 Å². The maximum atomic E-state index is 15.5. The van der Waals surface area contributed by atoms with Crippen molar-refractivity contribution in [1.29, 1.82) is 5.26 Å². The Kier molecular flexibility index (Phi) is 4.45. The van der Waals surface area contributed by atoms with E-state index in [1.807, 2.05) is 0 Å². The van der Waals surface area contributed by atoms with Crippen LogP contribution in [0.1, 0.15) is 18.3 Å². The second-order valence-electron chi connectivity index (χ2n) is 6.08. The zero-order chi connectivity index (χ0) is 19.3. The van der Waals surface area contributed by atoms with E-state index >= 15 is 4.39 Å². The van der Waals surface area contributed by atoms with Crippen molar-refractivity contribution < 1.29 is 33.4 Å². The zero-order valence-electron chi connectivity index (χ0n) is 13.7. The Balaban J connectivity index is 2.07. The molecule has 0 unspecified atom stereocenters. The number of halogens is 1. The molecule has 1 aliphatic heterocycles. The summed E-state index contributed by atoms with van der Waals surface area (Å²) in [6.07, 6.45) is -0.941. The molecule has 2 aromatic heterocycles. The maximum absolute atomic E-state index is 15.5. The van der Waals surface area contributed by atoms with Gasteiger partial charge in [-0.15, -0.1) is 0 Å². The van der Waals surface area contributed by atoms with Crippen molar-refractivity contribution in [2.45, 2.75) is 37.3 Å². The quantitative estimate of drug-likeness (QED) is 0.478. The van der Waals surface area contributed by atoms with Crippen LogP contribution in [0.25, 0.3) is 5.65 Å². The van der Waals surface area contributed by atoms with Crippen LogP contribution in [-0.2, 0) is 14.9 Å². The van der Waals surface area contributed by atoms with E-state index in [4.69, 9.17) is 19.4 Å². The van der Waals surface area contributed by atoms with Crippen LogP contribution < -0.4 is 0 Å². The predicted molar refractivity (Wildman–Crippen MR) is 84.1 cm³/mol. The molecule has 0 amide bonds. The second-order valence-corrected chi connectivity index (χ2v) is 7.52. The van der Waals surface area contributed by atoms with Crippen molar-refractivity contribution in [3.63, 3.8) is 0 Å². The molecule has 0 aliphatic carbocycles. The van der Waals surface area contributed by atoms with E-state index in [0.717, 1.165) is 6.92 Å². The second kappa shape index (κ2) is 6.11. The number of aryl methyl sites for hydroxylation is 1. The van der Waals surface area contributed by atoms with Gasteiger partial charge in [-0.25, -0.2) is 0 Å². The number of rotatable bonds is 4. The summed E-state index contributed by atoms with van der Waals surface area (Å²) in [5, 5.41) is 24.0. The Labute approximate surface area is 146 Å². The summed E-state index contributed by atoms with van der Waals surface area (Å²) in [5.74, 6) is 0. The Morgan fingerprint density at radius 3 is 2.77 bits per heavy atom. The molecule has 2 aromatic rings. The van der Waals surface area contributed by atoms with Crippen LogP contribution in [0.15, 0.2) is 12.5 Å². The number of ether oxygens (including phenoxy) is 1. The first-order valence-electron chi connectivity index (χ1n) is 7.46. The van der Waals surface area contributed by atoms with Gasteiger partial charge >= 0.3 is 146 Å². The number of aromatic nitrogens is 4. The molecule has 0 aromatic carbocycles. The number of fused-ring (bicyclic) bond motifs is 1. The Morgan fingerprint density at radius 1 is 1.46 bits per heavy atom. The SMILES string of the molecule is Cc1ncnn2c([C@]3(C#N)O[C@H](CO[PH](O)(O)O)[C@@H](O)[C@@]3(C)F)cnc12. The van der Waals surface area contributed by atoms with Crippen molar-refractivity contribution in [2.24, 2.45) is 0 Å². The average molecular weight is 389 g/mol. The first-order chi connectivity index (χ1) is 12.0. The number of aliphatic hydroxyl groups excluding tert-OH is 1. The molecule has 0 spiro atoms. The van der Waals surface area contributed by atoms with Crippen molar-refractivity contribution in [3.8, 4) is 6.07 Å².